The Labute approximate surface area is 158 Å². The molecule has 3 rings (SSSR count). The molecule has 0 saturated carbocycles. The third kappa shape index (κ3) is 3.39. The number of carbonyl (C=O) groups excluding carboxylic acids is 1. The summed E-state index contributed by atoms with van der Waals surface area (Å²) in [6.07, 6.45) is 0. The van der Waals surface area contributed by atoms with Gasteiger partial charge in [0.25, 0.3) is 5.91 Å². The second-order valence-electron chi connectivity index (χ2n) is 5.72. The van der Waals surface area contributed by atoms with Crippen molar-refractivity contribution in [3.05, 3.63) is 54.1 Å². The largest absolute Gasteiger partial charge is 0.350 e. The number of hydrogen-bond donors (Lipinski definition) is 1. The molecule has 0 fully saturated rings. The first-order chi connectivity index (χ1) is 12.5. The Hall–Kier alpha value is -2.19. The maximum absolute atomic E-state index is 12.6. The molecular formula is C18H21N3O3S2. The van der Waals surface area contributed by atoms with Gasteiger partial charge in [-0.2, -0.15) is 8.42 Å². The van der Waals surface area contributed by atoms with Crippen LogP contribution < -0.4 is 13.9 Å². The quantitative estimate of drug-likeness (QED) is 0.769. The number of anilines is 2. The van der Waals surface area contributed by atoms with Gasteiger partial charge in [-0.15, -0.1) is 11.8 Å². The van der Waals surface area contributed by atoms with Crippen molar-refractivity contribution < 1.29 is 13.2 Å². The standard InChI is InChI=1S/C18H21N3O3S2/c1-3-25-17-11-7-4-8-14(17)18(22)19-12-13-21-16-10-6-5-9-15(16)20(2)26(21,23)24/h4-11H,3,12-13H2,1-2H3,(H,19,22). The normalized spacial score (nSPS) is 15.0. The lowest BCUT2D eigenvalue weighted by atomic mass is 10.2. The third-order valence-electron chi connectivity index (χ3n) is 4.15. The van der Waals surface area contributed by atoms with Gasteiger partial charge in [0.2, 0.25) is 0 Å². The first-order valence-corrected chi connectivity index (χ1v) is 10.7. The predicted octanol–water partition coefficient (Wildman–Crippen LogP) is 2.73. The van der Waals surface area contributed by atoms with E-state index in [1.54, 1.807) is 42.1 Å². The smallest absolute Gasteiger partial charge is 0.326 e. The number of nitrogens with zero attached hydrogens (tertiary/aromatic N) is 2. The molecule has 0 unspecified atom stereocenters. The molecule has 0 radical (unpaired) electrons. The fraction of sp³-hybridized carbons (Fsp3) is 0.278. The average Bonchev–Trinajstić information content (AvgIpc) is 2.83. The van der Waals surface area contributed by atoms with E-state index >= 15 is 0 Å². The van der Waals surface area contributed by atoms with E-state index in [2.05, 4.69) is 5.32 Å². The Morgan fingerprint density at radius 2 is 1.73 bits per heavy atom. The van der Waals surface area contributed by atoms with Crippen LogP contribution >= 0.6 is 11.8 Å². The molecule has 1 aliphatic heterocycles. The number of thioether (sulfide) groups is 1. The molecule has 2 aromatic rings. The van der Waals surface area contributed by atoms with E-state index in [0.717, 1.165) is 10.6 Å². The molecule has 138 valence electrons. The molecule has 1 heterocycles. The van der Waals surface area contributed by atoms with Crippen molar-refractivity contribution in [2.24, 2.45) is 0 Å². The topological polar surface area (TPSA) is 69.7 Å². The van der Waals surface area contributed by atoms with Gasteiger partial charge >= 0.3 is 10.2 Å². The highest BCUT2D eigenvalue weighted by atomic mass is 32.2. The summed E-state index contributed by atoms with van der Waals surface area (Å²) in [5, 5.41) is 2.83. The number of fused-ring (bicyclic) bond motifs is 1. The molecule has 6 nitrogen and oxygen atoms in total. The summed E-state index contributed by atoms with van der Waals surface area (Å²) in [7, 11) is -2.06. The molecule has 1 N–H and O–H groups in total. The van der Waals surface area contributed by atoms with Gasteiger partial charge in [0, 0.05) is 18.5 Å². The second kappa shape index (κ2) is 7.59. The summed E-state index contributed by atoms with van der Waals surface area (Å²) >= 11 is 1.61. The van der Waals surface area contributed by atoms with Gasteiger partial charge in [0.05, 0.1) is 23.5 Å². The molecule has 0 aromatic heterocycles. The molecule has 0 atom stereocenters. The monoisotopic (exact) mass is 391 g/mol. The van der Waals surface area contributed by atoms with Gasteiger partial charge in [-0.05, 0) is 30.0 Å². The minimum Gasteiger partial charge on any atom is -0.350 e. The zero-order chi connectivity index (χ0) is 18.7. The predicted molar refractivity (Wildman–Crippen MR) is 106 cm³/mol. The Morgan fingerprint density at radius 3 is 2.46 bits per heavy atom. The number of rotatable bonds is 6. The highest BCUT2D eigenvalue weighted by Crippen LogP contribution is 2.38. The zero-order valence-electron chi connectivity index (χ0n) is 14.7. The van der Waals surface area contributed by atoms with Crippen LogP contribution in [0, 0.1) is 0 Å². The van der Waals surface area contributed by atoms with Crippen LogP contribution in [0.5, 0.6) is 0 Å². The molecule has 1 amide bonds. The Kier molecular flexibility index (Phi) is 5.43. The SMILES string of the molecule is CCSc1ccccc1C(=O)NCCN1c2ccccc2N(C)S1(=O)=O. The summed E-state index contributed by atoms with van der Waals surface area (Å²) in [5.41, 5.74) is 1.89. The summed E-state index contributed by atoms with van der Waals surface area (Å²) in [6.45, 7) is 2.44. The Balaban J connectivity index is 1.70. The van der Waals surface area contributed by atoms with E-state index in [1.807, 2.05) is 25.1 Å². The Morgan fingerprint density at radius 1 is 1.08 bits per heavy atom. The van der Waals surface area contributed by atoms with Crippen LogP contribution in [-0.4, -0.2) is 40.2 Å². The molecule has 0 saturated heterocycles. The van der Waals surface area contributed by atoms with E-state index in [9.17, 15) is 13.2 Å². The lowest BCUT2D eigenvalue weighted by Crippen LogP contribution is -2.40. The molecule has 0 spiro atoms. The minimum atomic E-state index is -3.59. The van der Waals surface area contributed by atoms with E-state index in [4.69, 9.17) is 0 Å². The van der Waals surface area contributed by atoms with Crippen LogP contribution in [-0.2, 0) is 10.2 Å². The van der Waals surface area contributed by atoms with E-state index < -0.39 is 10.2 Å². The van der Waals surface area contributed by atoms with Crippen molar-refractivity contribution in [2.45, 2.75) is 11.8 Å². The fourth-order valence-electron chi connectivity index (χ4n) is 2.88. The summed E-state index contributed by atoms with van der Waals surface area (Å²) < 4.78 is 27.7. The van der Waals surface area contributed by atoms with E-state index in [1.165, 1.54) is 15.7 Å². The summed E-state index contributed by atoms with van der Waals surface area (Å²) in [6, 6.07) is 14.6. The van der Waals surface area contributed by atoms with Gasteiger partial charge < -0.3 is 5.32 Å². The van der Waals surface area contributed by atoms with Crippen molar-refractivity contribution in [1.29, 1.82) is 0 Å². The number of nitrogens with one attached hydrogen (secondary N) is 1. The van der Waals surface area contributed by atoms with Crippen molar-refractivity contribution in [3.63, 3.8) is 0 Å². The maximum atomic E-state index is 12.6. The van der Waals surface area contributed by atoms with Crippen LogP contribution in [0.2, 0.25) is 0 Å². The van der Waals surface area contributed by atoms with Gasteiger partial charge in [-0.3, -0.25) is 9.10 Å². The van der Waals surface area contributed by atoms with Crippen LogP contribution in [0.25, 0.3) is 0 Å². The molecule has 0 aliphatic carbocycles. The van der Waals surface area contributed by atoms with Crippen molar-refractivity contribution in [2.75, 3.05) is 34.5 Å². The second-order valence-corrected chi connectivity index (χ2v) is 8.91. The third-order valence-corrected chi connectivity index (χ3v) is 6.93. The molecule has 1 aliphatic rings. The van der Waals surface area contributed by atoms with Crippen LogP contribution in [0.4, 0.5) is 11.4 Å². The minimum absolute atomic E-state index is 0.179. The van der Waals surface area contributed by atoms with Crippen molar-refractivity contribution >= 4 is 39.3 Å². The number of para-hydroxylation sites is 2. The maximum Gasteiger partial charge on any atom is 0.326 e. The molecular weight excluding hydrogens is 370 g/mol. The van der Waals surface area contributed by atoms with E-state index in [0.29, 0.717) is 16.9 Å². The first kappa shape index (κ1) is 18.6. The van der Waals surface area contributed by atoms with E-state index in [-0.39, 0.29) is 19.0 Å². The highest BCUT2D eigenvalue weighted by Gasteiger charge is 2.37. The first-order valence-electron chi connectivity index (χ1n) is 8.32. The molecule has 2 aromatic carbocycles. The highest BCUT2D eigenvalue weighted by molar-refractivity contribution is 7.99. The summed E-state index contributed by atoms with van der Waals surface area (Å²) in [4.78, 5) is 13.4. The van der Waals surface area contributed by atoms with Gasteiger partial charge in [0.15, 0.2) is 0 Å². The molecule has 26 heavy (non-hydrogen) atoms. The van der Waals surface area contributed by atoms with Gasteiger partial charge in [-0.25, -0.2) is 4.31 Å². The van der Waals surface area contributed by atoms with Crippen LogP contribution in [0.1, 0.15) is 17.3 Å². The van der Waals surface area contributed by atoms with Crippen LogP contribution in [0.15, 0.2) is 53.4 Å². The zero-order valence-corrected chi connectivity index (χ0v) is 16.3. The summed E-state index contributed by atoms with van der Waals surface area (Å²) in [5.74, 6) is 0.680. The average molecular weight is 392 g/mol. The molecule has 8 heteroatoms. The lowest BCUT2D eigenvalue weighted by Gasteiger charge is -2.19. The number of carbonyl (C=O) groups is 1. The molecule has 0 bridgehead atoms. The Bertz CT molecular complexity index is 915. The van der Waals surface area contributed by atoms with Crippen LogP contribution in [0.3, 0.4) is 0 Å². The fourth-order valence-corrected chi connectivity index (χ4v) is 5.10. The number of amides is 1. The lowest BCUT2D eigenvalue weighted by molar-refractivity contribution is 0.0952. The number of hydrogen-bond acceptors (Lipinski definition) is 4. The van der Waals surface area contributed by atoms with Crippen molar-refractivity contribution in [3.8, 4) is 0 Å². The van der Waals surface area contributed by atoms with Gasteiger partial charge in [-0.1, -0.05) is 31.2 Å². The number of benzene rings is 2. The van der Waals surface area contributed by atoms with Crippen molar-refractivity contribution in [1.82, 2.24) is 5.32 Å². The van der Waals surface area contributed by atoms with Gasteiger partial charge in [0.1, 0.15) is 0 Å².